The Balaban J connectivity index is 1.60. The molecule has 2 heterocycles. The van der Waals surface area contributed by atoms with Crippen LogP contribution >= 0.6 is 11.3 Å². The minimum Gasteiger partial charge on any atom is -0.494 e. The number of ketones is 1. The molecule has 27 heavy (non-hydrogen) atoms. The number of hydrogen-bond donors (Lipinski definition) is 1. The van der Waals surface area contributed by atoms with Gasteiger partial charge in [-0.15, -0.1) is 11.3 Å². The van der Waals surface area contributed by atoms with Crippen LogP contribution in [0.4, 0.5) is 11.4 Å². The van der Waals surface area contributed by atoms with Crippen molar-refractivity contribution in [2.75, 3.05) is 23.9 Å². The molecule has 2 aromatic rings. The third kappa shape index (κ3) is 4.54. The quantitative estimate of drug-likeness (QED) is 0.735. The lowest BCUT2D eigenvalue weighted by Gasteiger charge is -2.19. The van der Waals surface area contributed by atoms with E-state index in [0.29, 0.717) is 35.0 Å². The predicted octanol–water partition coefficient (Wildman–Crippen LogP) is 3.79. The lowest BCUT2D eigenvalue weighted by Crippen LogP contribution is -2.24. The molecule has 6 nitrogen and oxygen atoms in total. The number of Topliss-reactive ketones (excluding diaryl/α,β-unsaturated/α-hetero) is 1. The van der Waals surface area contributed by atoms with Gasteiger partial charge in [0.15, 0.2) is 5.78 Å². The largest absolute Gasteiger partial charge is 0.494 e. The van der Waals surface area contributed by atoms with Gasteiger partial charge >= 0.3 is 0 Å². The number of benzene rings is 1. The van der Waals surface area contributed by atoms with E-state index < -0.39 is 0 Å². The van der Waals surface area contributed by atoms with Crippen molar-refractivity contribution in [2.45, 2.75) is 32.6 Å². The second-order valence-electron chi connectivity index (χ2n) is 6.42. The Morgan fingerprint density at radius 1 is 1.22 bits per heavy atom. The van der Waals surface area contributed by atoms with Crippen molar-refractivity contribution in [2.24, 2.45) is 0 Å². The van der Waals surface area contributed by atoms with Crippen LogP contribution in [0.2, 0.25) is 0 Å². The summed E-state index contributed by atoms with van der Waals surface area (Å²) < 4.78 is 5.39. The van der Waals surface area contributed by atoms with Gasteiger partial charge in [0, 0.05) is 42.4 Å². The van der Waals surface area contributed by atoms with Gasteiger partial charge in [0.2, 0.25) is 11.8 Å². The predicted molar refractivity (Wildman–Crippen MR) is 106 cm³/mol. The Hall–Kier alpha value is -2.67. The molecule has 1 saturated heterocycles. The first-order valence-corrected chi connectivity index (χ1v) is 9.67. The van der Waals surface area contributed by atoms with Gasteiger partial charge in [-0.05, 0) is 37.6 Å². The fourth-order valence-corrected chi connectivity index (χ4v) is 3.87. The molecular formula is C20H22N2O4S. The molecule has 0 radical (unpaired) electrons. The maximum Gasteiger partial charge on any atom is 0.227 e. The van der Waals surface area contributed by atoms with E-state index in [9.17, 15) is 14.4 Å². The molecule has 142 valence electrons. The second-order valence-corrected chi connectivity index (χ2v) is 7.71. The van der Waals surface area contributed by atoms with Gasteiger partial charge in [0.1, 0.15) is 5.75 Å². The first-order valence-electron chi connectivity index (χ1n) is 8.86. The van der Waals surface area contributed by atoms with Crippen molar-refractivity contribution in [3.05, 3.63) is 40.1 Å². The van der Waals surface area contributed by atoms with Crippen LogP contribution in [0.1, 0.15) is 40.2 Å². The first-order chi connectivity index (χ1) is 13.0. The summed E-state index contributed by atoms with van der Waals surface area (Å²) in [4.78, 5) is 39.7. The molecule has 2 amide bonds. The summed E-state index contributed by atoms with van der Waals surface area (Å²) in [7, 11) is 1.53. The van der Waals surface area contributed by atoms with Gasteiger partial charge in [-0.2, -0.15) is 0 Å². The van der Waals surface area contributed by atoms with Crippen molar-refractivity contribution in [3.8, 4) is 5.75 Å². The van der Waals surface area contributed by atoms with E-state index in [2.05, 4.69) is 5.32 Å². The molecule has 7 heteroatoms. The summed E-state index contributed by atoms with van der Waals surface area (Å²) >= 11 is 1.44. The molecule has 0 bridgehead atoms. The number of thiophene rings is 1. The van der Waals surface area contributed by atoms with Gasteiger partial charge in [0.05, 0.1) is 17.7 Å². The smallest absolute Gasteiger partial charge is 0.227 e. The zero-order valence-electron chi connectivity index (χ0n) is 15.4. The maximum atomic E-state index is 12.2. The lowest BCUT2D eigenvalue weighted by molar-refractivity contribution is -0.117. The number of ether oxygens (including phenoxy) is 1. The minimum absolute atomic E-state index is 0.0243. The maximum absolute atomic E-state index is 12.2. The lowest BCUT2D eigenvalue weighted by atomic mass is 10.2. The van der Waals surface area contributed by atoms with Crippen molar-refractivity contribution in [1.82, 2.24) is 0 Å². The average molecular weight is 386 g/mol. The van der Waals surface area contributed by atoms with E-state index in [1.807, 2.05) is 13.0 Å². The summed E-state index contributed by atoms with van der Waals surface area (Å²) in [5.74, 6) is 0.355. The zero-order valence-corrected chi connectivity index (χ0v) is 16.2. The second kappa shape index (κ2) is 8.35. The topological polar surface area (TPSA) is 75.7 Å². The summed E-state index contributed by atoms with van der Waals surface area (Å²) in [5.41, 5.74) is 1.29. The van der Waals surface area contributed by atoms with E-state index in [4.69, 9.17) is 4.74 Å². The number of nitrogens with zero attached hydrogens (tertiary/aromatic N) is 1. The molecule has 1 N–H and O–H groups in total. The number of hydrogen-bond acceptors (Lipinski definition) is 5. The summed E-state index contributed by atoms with van der Waals surface area (Å²) in [6, 6.07) is 8.91. The van der Waals surface area contributed by atoms with Crippen molar-refractivity contribution in [3.63, 3.8) is 0 Å². The van der Waals surface area contributed by atoms with Crippen LogP contribution in [-0.4, -0.2) is 31.3 Å². The number of amides is 2. The standard InChI is InChI=1S/C20H22N2O4S/c1-13-5-9-18(27-13)16(23)8-10-19(24)21-14-6-7-15(17(12-14)26-2)22-11-3-4-20(22)25/h5-7,9,12H,3-4,8,10-11H2,1-2H3,(H,21,24). The third-order valence-electron chi connectivity index (χ3n) is 4.42. The molecule has 1 fully saturated rings. The molecule has 1 aromatic carbocycles. The Bertz CT molecular complexity index is 875. The number of carbonyl (C=O) groups excluding carboxylic acids is 3. The van der Waals surface area contributed by atoms with E-state index in [0.717, 1.165) is 11.3 Å². The van der Waals surface area contributed by atoms with Crippen LogP contribution in [0.5, 0.6) is 5.75 Å². The Labute approximate surface area is 162 Å². The van der Waals surface area contributed by atoms with Crippen molar-refractivity contribution >= 4 is 40.3 Å². The van der Waals surface area contributed by atoms with Gasteiger partial charge < -0.3 is 15.0 Å². The van der Waals surface area contributed by atoms with Crippen LogP contribution in [0.25, 0.3) is 0 Å². The third-order valence-corrected chi connectivity index (χ3v) is 5.46. The summed E-state index contributed by atoms with van der Waals surface area (Å²) in [5, 5.41) is 2.79. The highest BCUT2D eigenvalue weighted by atomic mass is 32.1. The molecule has 0 aliphatic carbocycles. The Kier molecular flexibility index (Phi) is 5.91. The summed E-state index contributed by atoms with van der Waals surface area (Å²) in [6.07, 6.45) is 1.66. The fourth-order valence-electron chi connectivity index (χ4n) is 3.04. The number of nitrogens with one attached hydrogen (secondary N) is 1. The molecule has 1 aliphatic rings. The van der Waals surface area contributed by atoms with Gasteiger partial charge in [-0.1, -0.05) is 0 Å². The molecule has 0 spiro atoms. The van der Waals surface area contributed by atoms with E-state index >= 15 is 0 Å². The SMILES string of the molecule is COc1cc(NC(=O)CCC(=O)c2ccc(C)s2)ccc1N1CCCC1=O. The highest BCUT2D eigenvalue weighted by Crippen LogP contribution is 2.33. The molecule has 1 aromatic heterocycles. The molecule has 3 rings (SSSR count). The van der Waals surface area contributed by atoms with Crippen molar-refractivity contribution < 1.29 is 19.1 Å². The highest BCUT2D eigenvalue weighted by Gasteiger charge is 2.24. The van der Waals surface area contributed by atoms with Crippen molar-refractivity contribution in [1.29, 1.82) is 0 Å². The van der Waals surface area contributed by atoms with Crippen LogP contribution in [0.15, 0.2) is 30.3 Å². The number of rotatable bonds is 7. The van der Waals surface area contributed by atoms with E-state index in [-0.39, 0.29) is 30.4 Å². The van der Waals surface area contributed by atoms with E-state index in [1.54, 1.807) is 29.2 Å². The van der Waals surface area contributed by atoms with E-state index in [1.165, 1.54) is 18.4 Å². The number of methoxy groups -OCH3 is 1. The number of aryl methyl sites for hydroxylation is 1. The number of anilines is 2. The van der Waals surface area contributed by atoms with Gasteiger partial charge in [0.25, 0.3) is 0 Å². The minimum atomic E-state index is -0.233. The normalized spacial score (nSPS) is 13.7. The summed E-state index contributed by atoms with van der Waals surface area (Å²) in [6.45, 7) is 2.62. The average Bonchev–Trinajstić information content (AvgIpc) is 3.28. The Morgan fingerprint density at radius 3 is 2.67 bits per heavy atom. The molecule has 0 unspecified atom stereocenters. The van der Waals surface area contributed by atoms with Crippen LogP contribution < -0.4 is 15.0 Å². The number of carbonyl (C=O) groups is 3. The monoisotopic (exact) mass is 386 g/mol. The van der Waals surface area contributed by atoms with Crippen LogP contribution in [0.3, 0.4) is 0 Å². The zero-order chi connectivity index (χ0) is 19.4. The van der Waals surface area contributed by atoms with Crippen LogP contribution in [0, 0.1) is 6.92 Å². The molecule has 1 aliphatic heterocycles. The molecular weight excluding hydrogens is 364 g/mol. The van der Waals surface area contributed by atoms with Gasteiger partial charge in [-0.25, -0.2) is 0 Å². The highest BCUT2D eigenvalue weighted by molar-refractivity contribution is 7.14. The Morgan fingerprint density at radius 2 is 2.04 bits per heavy atom. The molecule has 0 atom stereocenters. The first kappa shape index (κ1) is 19.1. The fraction of sp³-hybridized carbons (Fsp3) is 0.350. The van der Waals surface area contributed by atoms with Gasteiger partial charge in [-0.3, -0.25) is 14.4 Å². The molecule has 0 saturated carbocycles. The van der Waals surface area contributed by atoms with Crippen LogP contribution in [-0.2, 0) is 9.59 Å².